The van der Waals surface area contributed by atoms with Crippen LogP contribution in [0.5, 0.6) is 23.0 Å². The van der Waals surface area contributed by atoms with Crippen LogP contribution in [0.1, 0.15) is 16.9 Å². The van der Waals surface area contributed by atoms with Crippen molar-refractivity contribution in [1.29, 1.82) is 0 Å². The van der Waals surface area contributed by atoms with Crippen molar-refractivity contribution >= 4 is 22.6 Å². The molecule has 0 aliphatic rings. The van der Waals surface area contributed by atoms with E-state index < -0.39 is 0 Å². The Morgan fingerprint density at radius 2 is 1.74 bits per heavy atom. The molecule has 3 aromatic carbocycles. The first kappa shape index (κ1) is 22.9. The van der Waals surface area contributed by atoms with E-state index in [9.17, 15) is 9.59 Å². The Morgan fingerprint density at radius 1 is 0.971 bits per heavy atom. The van der Waals surface area contributed by atoms with E-state index in [0.29, 0.717) is 34.0 Å². The third kappa shape index (κ3) is 4.73. The summed E-state index contributed by atoms with van der Waals surface area (Å²) in [6.45, 7) is 5.40. The van der Waals surface area contributed by atoms with Crippen LogP contribution in [0.4, 0.5) is 5.69 Å². The Labute approximate surface area is 196 Å². The van der Waals surface area contributed by atoms with Crippen LogP contribution in [0.15, 0.2) is 69.9 Å². The summed E-state index contributed by atoms with van der Waals surface area (Å²) in [6.07, 6.45) is 0. The third-order valence-corrected chi connectivity index (χ3v) is 5.52. The number of rotatable bonds is 7. The first-order valence-electron chi connectivity index (χ1n) is 10.7. The van der Waals surface area contributed by atoms with Gasteiger partial charge in [-0.15, -0.1) is 0 Å². The highest BCUT2D eigenvalue weighted by molar-refractivity contribution is 5.92. The Balaban J connectivity index is 1.52. The third-order valence-electron chi connectivity index (χ3n) is 5.52. The Bertz CT molecular complexity index is 1420. The molecule has 7 heteroatoms. The minimum Gasteiger partial charge on any atom is -0.493 e. The van der Waals surface area contributed by atoms with Crippen LogP contribution in [0.25, 0.3) is 11.0 Å². The van der Waals surface area contributed by atoms with Gasteiger partial charge in [-0.2, -0.15) is 0 Å². The molecular formula is C27H25NO6. The van der Waals surface area contributed by atoms with Crippen LogP contribution in [0, 0.1) is 20.8 Å². The summed E-state index contributed by atoms with van der Waals surface area (Å²) in [5, 5.41) is 3.19. The van der Waals surface area contributed by atoms with Crippen LogP contribution in [-0.4, -0.2) is 19.6 Å². The first-order valence-corrected chi connectivity index (χ1v) is 10.7. The van der Waals surface area contributed by atoms with Gasteiger partial charge in [0.05, 0.1) is 12.5 Å². The molecule has 34 heavy (non-hydrogen) atoms. The molecule has 4 rings (SSSR count). The Kier molecular flexibility index (Phi) is 6.54. The number of amides is 1. The number of hydrogen-bond donors (Lipinski definition) is 1. The Morgan fingerprint density at radius 3 is 2.50 bits per heavy atom. The number of methoxy groups -OCH3 is 1. The highest BCUT2D eigenvalue weighted by atomic mass is 16.5. The monoisotopic (exact) mass is 459 g/mol. The lowest BCUT2D eigenvalue weighted by Crippen LogP contribution is -2.20. The highest BCUT2D eigenvalue weighted by Crippen LogP contribution is 2.32. The average Bonchev–Trinajstić information content (AvgIpc) is 2.83. The largest absolute Gasteiger partial charge is 0.493 e. The lowest BCUT2D eigenvalue weighted by Gasteiger charge is -2.13. The van der Waals surface area contributed by atoms with E-state index in [1.54, 1.807) is 43.3 Å². The van der Waals surface area contributed by atoms with Gasteiger partial charge in [-0.3, -0.25) is 9.59 Å². The van der Waals surface area contributed by atoms with Crippen molar-refractivity contribution in [2.24, 2.45) is 0 Å². The molecule has 7 nitrogen and oxygen atoms in total. The van der Waals surface area contributed by atoms with Crippen molar-refractivity contribution in [1.82, 2.24) is 0 Å². The fourth-order valence-corrected chi connectivity index (χ4v) is 3.51. The number of carbonyl (C=O) groups is 1. The fraction of sp³-hybridized carbons (Fsp3) is 0.185. The minimum absolute atomic E-state index is 0.0820. The summed E-state index contributed by atoms with van der Waals surface area (Å²) < 4.78 is 22.6. The molecule has 0 radical (unpaired) electrons. The highest BCUT2D eigenvalue weighted by Gasteiger charge is 2.16. The van der Waals surface area contributed by atoms with Gasteiger partial charge < -0.3 is 23.9 Å². The molecule has 1 N–H and O–H groups in total. The van der Waals surface area contributed by atoms with Crippen LogP contribution in [0.2, 0.25) is 0 Å². The number of fused-ring (bicyclic) bond motifs is 1. The molecule has 0 atom stereocenters. The molecule has 1 aromatic heterocycles. The zero-order valence-corrected chi connectivity index (χ0v) is 19.4. The van der Waals surface area contributed by atoms with E-state index >= 15 is 0 Å². The molecule has 0 fully saturated rings. The number of benzene rings is 3. The standard InChI is InChI=1S/C27H25NO6/c1-16-8-7-9-21(17(16)2)28-25(29)15-32-19-12-13-20-24(14-19)33-18(3)27(26(20)30)34-23-11-6-5-10-22(23)31-4/h5-14H,15H2,1-4H3,(H,28,29). The molecule has 1 heterocycles. The number of hydrogen-bond acceptors (Lipinski definition) is 6. The number of para-hydroxylation sites is 2. The van der Waals surface area contributed by atoms with Gasteiger partial charge in [0, 0.05) is 11.8 Å². The number of nitrogens with one attached hydrogen (secondary N) is 1. The normalized spacial score (nSPS) is 10.7. The molecule has 0 aliphatic carbocycles. The summed E-state index contributed by atoms with van der Waals surface area (Å²) in [5.74, 6) is 1.43. The van der Waals surface area contributed by atoms with Crippen LogP contribution < -0.4 is 25.0 Å². The molecule has 0 bridgehead atoms. The molecule has 0 aliphatic heterocycles. The van der Waals surface area contributed by atoms with Crippen molar-refractivity contribution in [3.05, 3.63) is 87.8 Å². The van der Waals surface area contributed by atoms with Crippen molar-refractivity contribution in [3.8, 4) is 23.0 Å². The Hall–Kier alpha value is -4.26. The maximum atomic E-state index is 13.1. The topological polar surface area (TPSA) is 87.0 Å². The zero-order chi connectivity index (χ0) is 24.2. The van der Waals surface area contributed by atoms with Gasteiger partial charge in [-0.25, -0.2) is 0 Å². The molecule has 0 saturated heterocycles. The van der Waals surface area contributed by atoms with Crippen LogP contribution in [-0.2, 0) is 4.79 Å². The van der Waals surface area contributed by atoms with E-state index in [1.807, 2.05) is 38.1 Å². The predicted molar refractivity (Wildman–Crippen MR) is 130 cm³/mol. The predicted octanol–water partition coefficient (Wildman–Crippen LogP) is 5.54. The molecule has 4 aromatic rings. The van der Waals surface area contributed by atoms with Gasteiger partial charge in [0.1, 0.15) is 17.1 Å². The van der Waals surface area contributed by atoms with Crippen LogP contribution in [0.3, 0.4) is 0 Å². The average molecular weight is 459 g/mol. The van der Waals surface area contributed by atoms with Crippen molar-refractivity contribution in [2.45, 2.75) is 20.8 Å². The van der Waals surface area contributed by atoms with Crippen molar-refractivity contribution < 1.29 is 23.4 Å². The summed E-state index contributed by atoms with van der Waals surface area (Å²) in [4.78, 5) is 25.4. The number of aryl methyl sites for hydroxylation is 2. The number of carbonyl (C=O) groups excluding carboxylic acids is 1. The van der Waals surface area contributed by atoms with Gasteiger partial charge >= 0.3 is 0 Å². The van der Waals surface area contributed by atoms with Gasteiger partial charge in [0.25, 0.3) is 5.91 Å². The molecule has 0 saturated carbocycles. The lowest BCUT2D eigenvalue weighted by atomic mass is 10.1. The van der Waals surface area contributed by atoms with E-state index in [2.05, 4.69) is 5.32 Å². The maximum absolute atomic E-state index is 13.1. The van der Waals surface area contributed by atoms with E-state index in [1.165, 1.54) is 7.11 Å². The summed E-state index contributed by atoms with van der Waals surface area (Å²) >= 11 is 0. The second kappa shape index (κ2) is 9.70. The van der Waals surface area contributed by atoms with Gasteiger partial charge in [-0.05, 0) is 62.2 Å². The summed E-state index contributed by atoms with van der Waals surface area (Å²) in [6, 6.07) is 17.6. The van der Waals surface area contributed by atoms with Gasteiger partial charge in [-0.1, -0.05) is 24.3 Å². The minimum atomic E-state index is -0.316. The number of anilines is 1. The first-order chi connectivity index (χ1) is 16.4. The van der Waals surface area contributed by atoms with E-state index in [-0.39, 0.29) is 23.7 Å². The fourth-order valence-electron chi connectivity index (χ4n) is 3.51. The molecule has 1 amide bonds. The van der Waals surface area contributed by atoms with Crippen molar-refractivity contribution in [2.75, 3.05) is 19.0 Å². The summed E-state index contributed by atoms with van der Waals surface area (Å²) in [7, 11) is 1.53. The lowest BCUT2D eigenvalue weighted by molar-refractivity contribution is -0.118. The molecule has 0 spiro atoms. The van der Waals surface area contributed by atoms with Crippen LogP contribution >= 0.6 is 0 Å². The van der Waals surface area contributed by atoms with E-state index in [4.69, 9.17) is 18.6 Å². The zero-order valence-electron chi connectivity index (χ0n) is 19.4. The molecule has 0 unspecified atom stereocenters. The molecule has 174 valence electrons. The summed E-state index contributed by atoms with van der Waals surface area (Å²) in [5.41, 5.74) is 2.86. The quantitative estimate of drug-likeness (QED) is 0.391. The SMILES string of the molecule is COc1ccccc1Oc1c(C)oc2cc(OCC(=O)Nc3cccc(C)c3C)ccc2c1=O. The van der Waals surface area contributed by atoms with E-state index in [0.717, 1.165) is 16.8 Å². The maximum Gasteiger partial charge on any atom is 0.262 e. The van der Waals surface area contributed by atoms with Gasteiger partial charge in [0.2, 0.25) is 11.2 Å². The second-order valence-corrected chi connectivity index (χ2v) is 7.81. The molecular weight excluding hydrogens is 434 g/mol. The van der Waals surface area contributed by atoms with Crippen molar-refractivity contribution in [3.63, 3.8) is 0 Å². The second-order valence-electron chi connectivity index (χ2n) is 7.81. The smallest absolute Gasteiger partial charge is 0.262 e. The van der Waals surface area contributed by atoms with Gasteiger partial charge in [0.15, 0.2) is 18.1 Å². The number of ether oxygens (including phenoxy) is 3.